The highest BCUT2D eigenvalue weighted by atomic mass is 35.5. The van der Waals surface area contributed by atoms with E-state index in [1.807, 2.05) is 0 Å². The molecule has 0 unspecified atom stereocenters. The third kappa shape index (κ3) is 3.09. The second-order valence-electron chi connectivity index (χ2n) is 4.43. The number of ether oxygens (including phenoxy) is 1. The van der Waals surface area contributed by atoms with E-state index in [0.29, 0.717) is 5.56 Å². The second-order valence-corrected chi connectivity index (χ2v) is 4.81. The van der Waals surface area contributed by atoms with Crippen molar-refractivity contribution in [2.75, 3.05) is 7.11 Å². The van der Waals surface area contributed by atoms with E-state index < -0.39 is 17.2 Å². The molecule has 0 fully saturated rings. The lowest BCUT2D eigenvalue weighted by molar-refractivity contribution is -0.138. The Morgan fingerprint density at radius 1 is 1.53 bits per heavy atom. The minimum atomic E-state index is -0.940. The Labute approximate surface area is 104 Å². The summed E-state index contributed by atoms with van der Waals surface area (Å²) in [5, 5.41) is 8.71. The van der Waals surface area contributed by atoms with Crippen molar-refractivity contribution in [1.29, 1.82) is 0 Å². The van der Waals surface area contributed by atoms with Gasteiger partial charge in [-0.15, -0.1) is 0 Å². The lowest BCUT2D eigenvalue weighted by Crippen LogP contribution is -2.22. The molecule has 1 rings (SSSR count). The van der Waals surface area contributed by atoms with Crippen molar-refractivity contribution in [2.45, 2.75) is 25.7 Å². The fraction of sp³-hybridized carbons (Fsp3) is 0.417. The van der Waals surface area contributed by atoms with Crippen molar-refractivity contribution in [3.05, 3.63) is 28.5 Å². The zero-order valence-electron chi connectivity index (χ0n) is 9.88. The first-order chi connectivity index (χ1) is 7.77. The summed E-state index contributed by atoms with van der Waals surface area (Å²) in [6, 6.07) is 2.81. The number of hydrogen-bond donors (Lipinski definition) is 1. The van der Waals surface area contributed by atoms with Crippen molar-refractivity contribution >= 4 is 17.6 Å². The minimum absolute atomic E-state index is 0.0950. The molecule has 0 aromatic heterocycles. The van der Waals surface area contributed by atoms with E-state index in [9.17, 15) is 9.18 Å². The van der Waals surface area contributed by atoms with Gasteiger partial charge in [0, 0.05) is 5.41 Å². The third-order valence-corrected chi connectivity index (χ3v) is 2.96. The first-order valence-corrected chi connectivity index (χ1v) is 5.41. The molecule has 1 aromatic carbocycles. The predicted octanol–water partition coefficient (Wildman–Crippen LogP) is 3.24. The van der Waals surface area contributed by atoms with Crippen LogP contribution in [0.2, 0.25) is 5.02 Å². The molecule has 0 saturated heterocycles. The van der Waals surface area contributed by atoms with Gasteiger partial charge in [-0.3, -0.25) is 4.79 Å². The van der Waals surface area contributed by atoms with Crippen molar-refractivity contribution < 1.29 is 19.0 Å². The Balaban J connectivity index is 3.22. The maximum atomic E-state index is 13.5. The highest BCUT2D eigenvalue weighted by molar-refractivity contribution is 6.32. The van der Waals surface area contributed by atoms with Gasteiger partial charge in [0.15, 0.2) is 0 Å². The SMILES string of the molecule is COc1cc(C(C)(C)CC(=O)O)cc(F)c1Cl. The molecule has 17 heavy (non-hydrogen) atoms. The first kappa shape index (κ1) is 13.8. The Morgan fingerprint density at radius 3 is 2.59 bits per heavy atom. The van der Waals surface area contributed by atoms with Gasteiger partial charge in [0.25, 0.3) is 0 Å². The molecule has 0 atom stereocenters. The lowest BCUT2D eigenvalue weighted by Gasteiger charge is -2.24. The van der Waals surface area contributed by atoms with E-state index in [1.165, 1.54) is 13.2 Å². The highest BCUT2D eigenvalue weighted by Gasteiger charge is 2.26. The number of aliphatic carboxylic acids is 1. The Kier molecular flexibility index (Phi) is 3.98. The molecule has 0 aliphatic carbocycles. The van der Waals surface area contributed by atoms with Gasteiger partial charge in [-0.1, -0.05) is 25.4 Å². The molecule has 3 nitrogen and oxygen atoms in total. The number of carbonyl (C=O) groups is 1. The van der Waals surface area contributed by atoms with Crippen LogP contribution in [-0.4, -0.2) is 18.2 Å². The molecule has 0 bridgehead atoms. The Bertz CT molecular complexity index is 444. The van der Waals surface area contributed by atoms with Gasteiger partial charge in [-0.2, -0.15) is 0 Å². The minimum Gasteiger partial charge on any atom is -0.495 e. The topological polar surface area (TPSA) is 46.5 Å². The molecule has 0 amide bonds. The summed E-state index contributed by atoms with van der Waals surface area (Å²) < 4.78 is 18.5. The van der Waals surface area contributed by atoms with E-state index >= 15 is 0 Å². The maximum absolute atomic E-state index is 13.5. The molecule has 0 radical (unpaired) electrons. The molecule has 0 aliphatic rings. The molecule has 1 aromatic rings. The van der Waals surface area contributed by atoms with Crippen molar-refractivity contribution in [2.24, 2.45) is 0 Å². The van der Waals surface area contributed by atoms with Crippen LogP contribution in [0.25, 0.3) is 0 Å². The van der Waals surface area contributed by atoms with Gasteiger partial charge >= 0.3 is 5.97 Å². The van der Waals surface area contributed by atoms with E-state index in [4.69, 9.17) is 21.4 Å². The largest absolute Gasteiger partial charge is 0.495 e. The predicted molar refractivity (Wildman–Crippen MR) is 63.2 cm³/mol. The number of benzene rings is 1. The molecule has 1 N–H and O–H groups in total. The van der Waals surface area contributed by atoms with Crippen molar-refractivity contribution in [3.8, 4) is 5.75 Å². The van der Waals surface area contributed by atoms with Crippen LogP contribution in [0.4, 0.5) is 4.39 Å². The number of halogens is 2. The van der Waals surface area contributed by atoms with E-state index in [2.05, 4.69) is 0 Å². The zero-order chi connectivity index (χ0) is 13.2. The fourth-order valence-electron chi connectivity index (χ4n) is 1.58. The second kappa shape index (κ2) is 4.92. The van der Waals surface area contributed by atoms with Crippen LogP contribution in [0.3, 0.4) is 0 Å². The van der Waals surface area contributed by atoms with E-state index in [-0.39, 0.29) is 17.2 Å². The number of hydrogen-bond acceptors (Lipinski definition) is 2. The maximum Gasteiger partial charge on any atom is 0.304 e. The Hall–Kier alpha value is -1.29. The summed E-state index contributed by atoms with van der Waals surface area (Å²) in [5.41, 5.74) is -0.150. The zero-order valence-corrected chi connectivity index (χ0v) is 10.6. The lowest BCUT2D eigenvalue weighted by atomic mass is 9.81. The van der Waals surface area contributed by atoms with Crippen LogP contribution in [0.5, 0.6) is 5.75 Å². The number of rotatable bonds is 4. The van der Waals surface area contributed by atoms with Crippen LogP contribution >= 0.6 is 11.6 Å². The molecule has 0 aliphatic heterocycles. The smallest absolute Gasteiger partial charge is 0.304 e. The molecule has 0 saturated carbocycles. The number of carboxylic acids is 1. The van der Waals surface area contributed by atoms with Crippen LogP contribution in [-0.2, 0) is 10.2 Å². The van der Waals surface area contributed by atoms with Gasteiger partial charge in [0.05, 0.1) is 13.5 Å². The van der Waals surface area contributed by atoms with Crippen LogP contribution in [0.1, 0.15) is 25.8 Å². The van der Waals surface area contributed by atoms with Crippen molar-refractivity contribution in [1.82, 2.24) is 0 Å². The summed E-state index contributed by atoms with van der Waals surface area (Å²) in [6.45, 7) is 3.45. The van der Waals surface area contributed by atoms with Gasteiger partial charge in [0.2, 0.25) is 0 Å². The highest BCUT2D eigenvalue weighted by Crippen LogP contribution is 2.35. The number of methoxy groups -OCH3 is 1. The fourth-order valence-corrected chi connectivity index (χ4v) is 1.77. The molecular formula is C12H14ClFO3. The van der Waals surface area contributed by atoms with Crippen LogP contribution in [0, 0.1) is 5.82 Å². The third-order valence-electron chi connectivity index (χ3n) is 2.59. The molecule has 5 heteroatoms. The van der Waals surface area contributed by atoms with Gasteiger partial charge < -0.3 is 9.84 Å². The first-order valence-electron chi connectivity index (χ1n) is 5.03. The standard InChI is InChI=1S/C12H14ClFO3/c1-12(2,6-10(15)16)7-4-8(14)11(13)9(5-7)17-3/h4-5H,6H2,1-3H3,(H,15,16). The molecule has 0 heterocycles. The van der Waals surface area contributed by atoms with Gasteiger partial charge in [-0.05, 0) is 17.7 Å². The van der Waals surface area contributed by atoms with Crippen molar-refractivity contribution in [3.63, 3.8) is 0 Å². The van der Waals surface area contributed by atoms with E-state index in [1.54, 1.807) is 19.9 Å². The Morgan fingerprint density at radius 2 is 2.12 bits per heavy atom. The number of carboxylic acid groups (broad SMARTS) is 1. The summed E-state index contributed by atoms with van der Waals surface area (Å²) in [4.78, 5) is 10.7. The van der Waals surface area contributed by atoms with E-state index in [0.717, 1.165) is 0 Å². The van der Waals surface area contributed by atoms with Crippen LogP contribution < -0.4 is 4.74 Å². The monoisotopic (exact) mass is 260 g/mol. The molecule has 94 valence electrons. The summed E-state index contributed by atoms with van der Waals surface area (Å²) in [6.07, 6.45) is -0.1000. The molecular weight excluding hydrogens is 247 g/mol. The average Bonchev–Trinajstić information content (AvgIpc) is 2.19. The summed E-state index contributed by atoms with van der Waals surface area (Å²) >= 11 is 5.70. The normalized spacial score (nSPS) is 11.4. The van der Waals surface area contributed by atoms with Crippen LogP contribution in [0.15, 0.2) is 12.1 Å². The summed E-state index contributed by atoms with van der Waals surface area (Å²) in [7, 11) is 1.38. The average molecular weight is 261 g/mol. The van der Waals surface area contributed by atoms with Gasteiger partial charge in [-0.25, -0.2) is 4.39 Å². The van der Waals surface area contributed by atoms with Gasteiger partial charge in [0.1, 0.15) is 16.6 Å². The summed E-state index contributed by atoms with van der Waals surface area (Å²) in [5.74, 6) is -1.34. The molecule has 0 spiro atoms. The quantitative estimate of drug-likeness (QED) is 0.904.